The van der Waals surface area contributed by atoms with Crippen LogP contribution in [0.25, 0.3) is 0 Å². The van der Waals surface area contributed by atoms with Crippen LogP contribution in [0, 0.1) is 34.0 Å². The Bertz CT molecular complexity index is 2250. The molecule has 0 aromatic carbocycles. The van der Waals surface area contributed by atoms with E-state index in [2.05, 4.69) is 53.2 Å². The van der Waals surface area contributed by atoms with Crippen molar-refractivity contribution in [3.63, 3.8) is 0 Å². The first-order valence-corrected chi connectivity index (χ1v) is 32.3. The number of urea groups is 4. The van der Waals surface area contributed by atoms with Gasteiger partial charge in [0.15, 0.2) is 0 Å². The van der Waals surface area contributed by atoms with Crippen molar-refractivity contribution in [2.24, 2.45) is 34.0 Å². The highest BCUT2D eigenvalue weighted by Crippen LogP contribution is 2.23. The van der Waals surface area contributed by atoms with E-state index < -0.39 is 64.7 Å². The largest absolute Gasteiger partial charge is 0.463 e. The maximum absolute atomic E-state index is 11.6. The number of hydrogen-bond acceptors (Lipinski definition) is 24. The van der Waals surface area contributed by atoms with Crippen LogP contribution in [0.1, 0.15) is 156 Å². The molecule has 0 heterocycles. The summed E-state index contributed by atoms with van der Waals surface area (Å²) in [5.74, 6) is -2.96. The molecule has 0 aromatic heterocycles. The summed E-state index contributed by atoms with van der Waals surface area (Å²) in [4.78, 5) is 134. The SMILES string of the molecule is CCC(C)(C)C(=O)OCC(CO)NC(=O)NC.CCC(C)(C)C(=O)OCC(CO)NC(C)=O.CCC(C)(C)C(=O)OCC(O)CNC(=O)NC.CCC(C)C(=O)OCC(CO)NC(=O)NC.CCC(C)C(=O)OCC(CO)NC(C)=O.CCC(C)C(=O)OCC(O)CNC(=O)NC. The Balaban J connectivity index is -0.000000256. The molecule has 9 unspecified atom stereocenters. The third-order valence-corrected chi connectivity index (χ3v) is 14.1. The van der Waals surface area contributed by atoms with Crippen molar-refractivity contribution in [2.75, 3.05) is 107 Å². The number of ether oxygens (including phenoxy) is 6. The number of aliphatic hydroxyl groups excluding tert-OH is 6. The summed E-state index contributed by atoms with van der Waals surface area (Å²) in [6.07, 6.45) is 2.33. The smallest absolute Gasteiger partial charge is 0.314 e. The second kappa shape index (κ2) is 58.7. The minimum atomic E-state index is -0.899. The van der Waals surface area contributed by atoms with Gasteiger partial charge in [0.1, 0.15) is 51.8 Å². The van der Waals surface area contributed by atoms with E-state index in [1.54, 1.807) is 62.3 Å². The number of nitrogens with one attached hydrogen (secondary N) is 10. The Kier molecular flexibility index (Phi) is 60.9. The van der Waals surface area contributed by atoms with Crippen molar-refractivity contribution in [1.29, 1.82) is 0 Å². The predicted molar refractivity (Wildman–Crippen MR) is 360 cm³/mol. The Morgan fingerprint density at radius 3 is 0.784 bits per heavy atom. The van der Waals surface area contributed by atoms with Crippen LogP contribution in [0.2, 0.25) is 0 Å². The number of aliphatic hydroxyl groups is 6. The molecular weight excluding hydrogens is 1280 g/mol. The average Bonchev–Trinajstić information content (AvgIpc) is 1.10. The van der Waals surface area contributed by atoms with Crippen molar-refractivity contribution in [3.8, 4) is 0 Å². The van der Waals surface area contributed by atoms with Gasteiger partial charge in [0.05, 0.1) is 84.6 Å². The predicted octanol–water partition coefficient (Wildman–Crippen LogP) is 0.778. The summed E-state index contributed by atoms with van der Waals surface area (Å²) in [7, 11) is 5.89. The van der Waals surface area contributed by atoms with Gasteiger partial charge in [0.25, 0.3) is 0 Å². The fourth-order valence-electron chi connectivity index (χ4n) is 5.38. The normalized spacial score (nSPS) is 13.4. The fourth-order valence-corrected chi connectivity index (χ4v) is 5.38. The van der Waals surface area contributed by atoms with Gasteiger partial charge in [-0.15, -0.1) is 0 Å². The summed E-state index contributed by atoms with van der Waals surface area (Å²) in [5.41, 5.74) is -1.63. The molecule has 0 aliphatic heterocycles. The summed E-state index contributed by atoms with van der Waals surface area (Å²) < 4.78 is 29.8. The monoisotopic (exact) mass is 1400 g/mol. The van der Waals surface area contributed by atoms with Gasteiger partial charge in [-0.2, -0.15) is 0 Å². The molecule has 0 aliphatic rings. The molecule has 570 valence electrons. The van der Waals surface area contributed by atoms with E-state index in [4.69, 9.17) is 48.8 Å². The van der Waals surface area contributed by atoms with Crippen LogP contribution in [0.4, 0.5) is 19.2 Å². The van der Waals surface area contributed by atoms with Crippen LogP contribution in [0.15, 0.2) is 0 Å². The molecule has 0 rings (SSSR count). The number of carbonyl (C=O) groups is 12. The Hall–Kier alpha value is -7.40. The summed E-state index contributed by atoms with van der Waals surface area (Å²) in [6, 6.07) is -3.82. The van der Waals surface area contributed by atoms with Crippen LogP contribution in [0.5, 0.6) is 0 Å². The molecule has 9 atom stereocenters. The standard InChI is InChI=1S/2C11H22N2O4.C11H21NO4.2C10H20N2O4.C10H19NO4/c1-5-11(2,3)9(15)17-7-8(6-14)13-10(16)12-4;1-5-11(2,3)9(15)17-7-8(14)6-13-10(16)12-4;1-5-11(3,4)10(15)16-7-9(6-13)12-8(2)14;1-4-7(2)9(14)16-6-8(5-13)12-10(15)11-3;1-4-7(2)9(14)16-6-8(13)5-12-10(15)11-3;1-4-7(2)10(14)15-6-9(5-12)11-8(3)13/h2*8,14H,5-7H2,1-4H3,(H2,12,13,16);9,13H,5-7H2,1-4H3,(H,12,14);2*7-8,13H,4-6H2,1-3H3,(H2,11,12,15);7,9,12H,4-6H2,1-3H3,(H,11,13). The van der Waals surface area contributed by atoms with E-state index in [1.807, 2.05) is 41.5 Å². The van der Waals surface area contributed by atoms with Crippen molar-refractivity contribution in [2.45, 2.75) is 193 Å². The van der Waals surface area contributed by atoms with Crippen molar-refractivity contribution in [1.82, 2.24) is 53.2 Å². The van der Waals surface area contributed by atoms with E-state index in [1.165, 1.54) is 42.0 Å². The molecule has 0 saturated carbocycles. The molecule has 0 aromatic rings. The molecule has 34 heteroatoms. The molecule has 34 nitrogen and oxygen atoms in total. The van der Waals surface area contributed by atoms with Crippen molar-refractivity contribution >= 4 is 71.8 Å². The highest BCUT2D eigenvalue weighted by molar-refractivity contribution is 5.78. The van der Waals surface area contributed by atoms with E-state index in [0.717, 1.165) is 0 Å². The Labute approximate surface area is 573 Å². The first kappa shape index (κ1) is 101. The molecule has 16 N–H and O–H groups in total. The summed E-state index contributed by atoms with van der Waals surface area (Å²) in [6.45, 7) is 28.8. The topological polar surface area (TPSA) is 502 Å². The van der Waals surface area contributed by atoms with Crippen molar-refractivity contribution < 1.29 is 117 Å². The van der Waals surface area contributed by atoms with Crippen LogP contribution in [-0.4, -0.2) is 246 Å². The highest BCUT2D eigenvalue weighted by Gasteiger charge is 2.30. The lowest BCUT2D eigenvalue weighted by Crippen LogP contribution is -2.45. The third kappa shape index (κ3) is 55.3. The quantitative estimate of drug-likeness (QED) is 0.0304. The van der Waals surface area contributed by atoms with Crippen LogP contribution < -0.4 is 53.2 Å². The van der Waals surface area contributed by atoms with E-state index in [-0.39, 0.29) is 157 Å². The first-order valence-electron chi connectivity index (χ1n) is 32.3. The molecule has 0 bridgehead atoms. The molecule has 0 spiro atoms. The molecular formula is C63H124N10O24. The zero-order valence-corrected chi connectivity index (χ0v) is 61.5. The third-order valence-electron chi connectivity index (χ3n) is 14.1. The number of amides is 10. The van der Waals surface area contributed by atoms with Crippen LogP contribution in [-0.2, 0) is 66.8 Å². The zero-order chi connectivity index (χ0) is 76.7. The van der Waals surface area contributed by atoms with Crippen LogP contribution >= 0.6 is 0 Å². The van der Waals surface area contributed by atoms with Gasteiger partial charge in [-0.1, -0.05) is 62.3 Å². The van der Waals surface area contributed by atoms with E-state index >= 15 is 0 Å². The van der Waals surface area contributed by atoms with Gasteiger partial charge in [-0.25, -0.2) is 19.2 Å². The molecule has 0 fully saturated rings. The van der Waals surface area contributed by atoms with E-state index in [9.17, 15) is 67.7 Å². The minimum absolute atomic E-state index is 0.00164. The second-order valence-corrected chi connectivity index (χ2v) is 23.9. The van der Waals surface area contributed by atoms with Gasteiger partial charge < -0.3 is 112 Å². The summed E-state index contributed by atoms with van der Waals surface area (Å²) in [5, 5.41) is 78.7. The molecule has 97 heavy (non-hydrogen) atoms. The van der Waals surface area contributed by atoms with Gasteiger partial charge in [0.2, 0.25) is 11.8 Å². The lowest BCUT2D eigenvalue weighted by Gasteiger charge is -2.22. The maximum atomic E-state index is 11.6. The molecule has 10 amide bonds. The zero-order valence-electron chi connectivity index (χ0n) is 61.5. The Morgan fingerprint density at radius 2 is 0.567 bits per heavy atom. The summed E-state index contributed by atoms with van der Waals surface area (Å²) >= 11 is 0. The maximum Gasteiger partial charge on any atom is 0.314 e. The number of carbonyl (C=O) groups excluding carboxylic acids is 12. The van der Waals surface area contributed by atoms with Gasteiger partial charge in [-0.3, -0.25) is 38.4 Å². The first-order chi connectivity index (χ1) is 45.1. The number of hydrogen-bond donors (Lipinski definition) is 16. The van der Waals surface area contributed by atoms with Gasteiger partial charge >= 0.3 is 59.9 Å². The molecule has 0 aliphatic carbocycles. The van der Waals surface area contributed by atoms with Crippen molar-refractivity contribution in [3.05, 3.63) is 0 Å². The lowest BCUT2D eigenvalue weighted by atomic mass is 9.91. The number of esters is 6. The molecule has 0 saturated heterocycles. The average molecular weight is 1410 g/mol. The second-order valence-electron chi connectivity index (χ2n) is 23.9. The molecule has 0 radical (unpaired) electrons. The Morgan fingerprint density at radius 1 is 0.351 bits per heavy atom. The minimum Gasteiger partial charge on any atom is -0.463 e. The van der Waals surface area contributed by atoms with Crippen LogP contribution in [0.3, 0.4) is 0 Å². The highest BCUT2D eigenvalue weighted by atomic mass is 16.6. The van der Waals surface area contributed by atoms with Gasteiger partial charge in [0, 0.05) is 55.1 Å². The lowest BCUT2D eigenvalue weighted by molar-refractivity contribution is -0.157. The van der Waals surface area contributed by atoms with E-state index in [0.29, 0.717) is 38.5 Å². The van der Waals surface area contributed by atoms with Gasteiger partial charge in [-0.05, 0) is 80.1 Å². The fraction of sp³-hybridized carbons (Fsp3) is 0.810. The number of rotatable bonds is 36.